The molecule has 1 saturated heterocycles. The van der Waals surface area contributed by atoms with Crippen molar-refractivity contribution in [2.24, 2.45) is 0 Å². The highest BCUT2D eigenvalue weighted by Gasteiger charge is 2.36. The van der Waals surface area contributed by atoms with Crippen LogP contribution in [0.1, 0.15) is 48.9 Å². The molecule has 10 heteroatoms. The number of halogens is 3. The van der Waals surface area contributed by atoms with Gasteiger partial charge in [0.2, 0.25) is 15.7 Å². The van der Waals surface area contributed by atoms with Gasteiger partial charge in [-0.25, -0.2) is 13.4 Å². The first kappa shape index (κ1) is 24.4. The molecule has 36 heavy (non-hydrogen) atoms. The summed E-state index contributed by atoms with van der Waals surface area (Å²) in [4.78, 5) is 22.7. The van der Waals surface area contributed by atoms with Crippen molar-refractivity contribution in [3.63, 3.8) is 0 Å². The Labute approximate surface area is 207 Å². The number of benzene rings is 1. The largest absolute Gasteiger partial charge is 0.418 e. The molecule has 2 aromatic heterocycles. The average molecular weight is 516 g/mol. The number of aromatic nitrogens is 2. The number of aryl methyl sites for hydroxylation is 1. The van der Waals surface area contributed by atoms with Crippen molar-refractivity contribution in [2.75, 3.05) is 4.90 Å². The number of amides is 1. The molecule has 4 bridgehead atoms. The summed E-state index contributed by atoms with van der Waals surface area (Å²) in [6, 6.07) is 13.2. The van der Waals surface area contributed by atoms with Gasteiger partial charge in [-0.2, -0.15) is 13.2 Å². The molecule has 0 unspecified atom stereocenters. The van der Waals surface area contributed by atoms with Crippen LogP contribution in [0.25, 0.3) is 11.3 Å². The van der Waals surface area contributed by atoms with Gasteiger partial charge < -0.3 is 0 Å². The number of anilines is 1. The highest BCUT2D eigenvalue weighted by molar-refractivity contribution is 7.90. The van der Waals surface area contributed by atoms with Crippen molar-refractivity contribution >= 4 is 21.6 Å². The molecular formula is C26H24F3N3O3S. The lowest BCUT2D eigenvalue weighted by molar-refractivity contribution is -0.137. The van der Waals surface area contributed by atoms with Crippen LogP contribution >= 0.6 is 0 Å². The summed E-state index contributed by atoms with van der Waals surface area (Å²) in [7, 11) is -4.05. The molecule has 1 amide bonds. The van der Waals surface area contributed by atoms with Crippen LogP contribution in [0.15, 0.2) is 59.6 Å². The second-order valence-corrected chi connectivity index (χ2v) is 11.1. The number of nitrogens with zero attached hydrogens (tertiary/aromatic N) is 3. The molecule has 1 aromatic carbocycles. The van der Waals surface area contributed by atoms with Gasteiger partial charge in [-0.3, -0.25) is 14.7 Å². The second-order valence-electron chi connectivity index (χ2n) is 9.15. The zero-order chi connectivity index (χ0) is 25.5. The lowest BCUT2D eigenvalue weighted by Crippen LogP contribution is -2.34. The predicted molar refractivity (Wildman–Crippen MR) is 128 cm³/mol. The van der Waals surface area contributed by atoms with E-state index in [1.807, 2.05) is 0 Å². The van der Waals surface area contributed by atoms with Gasteiger partial charge in [0.1, 0.15) is 5.82 Å². The Morgan fingerprint density at radius 2 is 1.69 bits per heavy atom. The number of hydrogen-bond donors (Lipinski definition) is 0. The predicted octanol–water partition coefficient (Wildman–Crippen LogP) is 5.36. The summed E-state index contributed by atoms with van der Waals surface area (Å²) in [5.41, 5.74) is -0.130. The Kier molecular flexibility index (Phi) is 6.32. The maximum Gasteiger partial charge on any atom is 0.418 e. The van der Waals surface area contributed by atoms with Crippen molar-refractivity contribution in [1.29, 1.82) is 0 Å². The number of fused-ring (bicyclic) bond motifs is 8. The summed E-state index contributed by atoms with van der Waals surface area (Å²) in [5, 5.41) is -0.241. The molecule has 6 nitrogen and oxygen atoms in total. The van der Waals surface area contributed by atoms with Gasteiger partial charge in [-0.05, 0) is 55.5 Å². The molecule has 0 saturated carbocycles. The van der Waals surface area contributed by atoms with Crippen molar-refractivity contribution < 1.29 is 26.4 Å². The highest BCUT2D eigenvalue weighted by Crippen LogP contribution is 2.38. The molecular weight excluding hydrogens is 491 g/mol. The van der Waals surface area contributed by atoms with Crippen LogP contribution in [0, 0.1) is 0 Å². The lowest BCUT2D eigenvalue weighted by Gasteiger charge is -2.24. The van der Waals surface area contributed by atoms with E-state index < -0.39 is 27.3 Å². The van der Waals surface area contributed by atoms with E-state index in [2.05, 4.69) is 9.97 Å². The Balaban J connectivity index is 1.66. The minimum absolute atomic E-state index is 0.0118. The van der Waals surface area contributed by atoms with E-state index in [1.165, 1.54) is 12.1 Å². The molecule has 188 valence electrons. The number of pyridine rings is 2. The molecule has 1 atom stereocenters. The first-order valence-electron chi connectivity index (χ1n) is 11.8. The number of sulfone groups is 1. The van der Waals surface area contributed by atoms with Crippen LogP contribution in [-0.2, 0) is 33.0 Å². The van der Waals surface area contributed by atoms with Gasteiger partial charge in [0, 0.05) is 18.0 Å². The van der Waals surface area contributed by atoms with Crippen molar-refractivity contribution in [3.8, 4) is 11.3 Å². The standard InChI is InChI=1S/C26H24F3N3O3S/c27-26(28,29)21-14-12-18-16-36(34,35)23-11-5-10-22(31-23)32-19(13-15-24(32)33)8-3-1-6-17-7-2-4-9-20(17)25(21)30-18/h2,4-5,7,9-12,14,19H,1,3,6,8,13,15-16H2/t19-/m1/s1. The summed E-state index contributed by atoms with van der Waals surface area (Å²) < 4.78 is 68.2. The Morgan fingerprint density at radius 3 is 2.50 bits per heavy atom. The summed E-state index contributed by atoms with van der Waals surface area (Å²) >= 11 is 0. The van der Waals surface area contributed by atoms with Gasteiger partial charge in [0.05, 0.1) is 22.7 Å². The third-order valence-electron chi connectivity index (χ3n) is 6.70. The van der Waals surface area contributed by atoms with Gasteiger partial charge in [-0.1, -0.05) is 36.8 Å². The molecule has 3 aromatic rings. The zero-order valence-electron chi connectivity index (χ0n) is 19.3. The molecule has 1 fully saturated rings. The third kappa shape index (κ3) is 4.74. The molecule has 5 rings (SSSR count). The van der Waals surface area contributed by atoms with E-state index in [9.17, 15) is 26.4 Å². The smallest absolute Gasteiger partial charge is 0.294 e. The fourth-order valence-electron chi connectivity index (χ4n) is 4.99. The van der Waals surface area contributed by atoms with E-state index in [1.54, 1.807) is 35.2 Å². The quantitative estimate of drug-likeness (QED) is 0.403. The first-order chi connectivity index (χ1) is 17.1. The molecule has 0 N–H and O–H groups in total. The number of hydrogen-bond acceptors (Lipinski definition) is 5. The molecule has 0 aliphatic carbocycles. The van der Waals surface area contributed by atoms with Crippen molar-refractivity contribution in [3.05, 3.63) is 71.4 Å². The van der Waals surface area contributed by atoms with Gasteiger partial charge in [0.15, 0.2) is 5.03 Å². The monoisotopic (exact) mass is 515 g/mol. The summed E-state index contributed by atoms with van der Waals surface area (Å²) in [5.74, 6) is -0.432. The Morgan fingerprint density at radius 1 is 0.889 bits per heavy atom. The summed E-state index contributed by atoms with van der Waals surface area (Å²) in [6.07, 6.45) is -0.944. The van der Waals surface area contributed by atoms with Gasteiger partial charge >= 0.3 is 6.18 Å². The average Bonchev–Trinajstić information content (AvgIpc) is 3.21. The molecule has 2 aliphatic rings. The van der Waals surface area contributed by atoms with Crippen LogP contribution in [0.3, 0.4) is 0 Å². The Hall–Kier alpha value is -3.27. The maximum atomic E-state index is 13.9. The van der Waals surface area contributed by atoms with Crippen LogP contribution in [0.2, 0.25) is 0 Å². The highest BCUT2D eigenvalue weighted by atomic mass is 32.2. The van der Waals surface area contributed by atoms with E-state index in [0.717, 1.165) is 25.0 Å². The van der Waals surface area contributed by atoms with Gasteiger partial charge in [0.25, 0.3) is 0 Å². The molecule has 2 aliphatic heterocycles. The van der Waals surface area contributed by atoms with E-state index in [0.29, 0.717) is 36.8 Å². The lowest BCUT2D eigenvalue weighted by atomic mass is 9.95. The van der Waals surface area contributed by atoms with E-state index in [4.69, 9.17) is 0 Å². The minimum atomic E-state index is -4.65. The van der Waals surface area contributed by atoms with Crippen molar-refractivity contribution in [2.45, 2.75) is 61.5 Å². The Bertz CT molecular complexity index is 1420. The van der Waals surface area contributed by atoms with Gasteiger partial charge in [-0.15, -0.1) is 0 Å². The fraction of sp³-hybridized carbons (Fsp3) is 0.346. The van der Waals surface area contributed by atoms with Crippen LogP contribution in [0.5, 0.6) is 0 Å². The molecule has 0 spiro atoms. The normalized spacial score (nSPS) is 20.0. The van der Waals surface area contributed by atoms with Crippen LogP contribution < -0.4 is 4.90 Å². The van der Waals surface area contributed by atoms with Crippen LogP contribution in [0.4, 0.5) is 19.0 Å². The number of rotatable bonds is 0. The number of alkyl halides is 3. The third-order valence-corrected chi connectivity index (χ3v) is 8.24. The fourth-order valence-corrected chi connectivity index (χ4v) is 6.21. The maximum absolute atomic E-state index is 13.9. The minimum Gasteiger partial charge on any atom is -0.294 e. The van der Waals surface area contributed by atoms with Crippen molar-refractivity contribution in [1.82, 2.24) is 9.97 Å². The molecule has 0 radical (unpaired) electrons. The van der Waals surface area contributed by atoms with E-state index >= 15 is 0 Å². The summed E-state index contributed by atoms with van der Waals surface area (Å²) in [6.45, 7) is 0. The zero-order valence-corrected chi connectivity index (χ0v) is 20.1. The number of carbonyl (C=O) groups is 1. The second kappa shape index (κ2) is 9.31. The first-order valence-corrected chi connectivity index (χ1v) is 13.5. The topological polar surface area (TPSA) is 80.2 Å². The SMILES string of the molecule is O=C1CC[C@H]2CCCCc3ccccc3-c3nc(ccc3C(F)(F)F)CS(=O)(=O)c3cccc(n3)N12. The van der Waals surface area contributed by atoms with E-state index in [-0.39, 0.29) is 34.2 Å². The molecule has 4 heterocycles. The van der Waals surface area contributed by atoms with Crippen LogP contribution in [-0.4, -0.2) is 30.3 Å². The number of carbonyl (C=O) groups excluding carboxylic acids is 1.